The van der Waals surface area contributed by atoms with Crippen molar-refractivity contribution >= 4 is 0 Å². The second-order valence-corrected chi connectivity index (χ2v) is 8.75. The van der Waals surface area contributed by atoms with Gasteiger partial charge >= 0.3 is 0 Å². The van der Waals surface area contributed by atoms with Gasteiger partial charge in [0.15, 0.2) is 0 Å². The second kappa shape index (κ2) is 12.0. The van der Waals surface area contributed by atoms with Crippen molar-refractivity contribution < 1.29 is 19.3 Å². The standard InChI is InChI=1S/C28H35N3O4/c1-4-17-34-20-23(32)18-30(21-11-12-21)19-26-27(5-2)29-31(22-9-7-6-8-10-22)28(26)35-25-15-13-24(33-3)14-16-25/h4,6-10,13-16,21,23,32H,1,5,11-12,17-20H2,2-3H3. The molecular weight excluding hydrogens is 442 g/mol. The van der Waals surface area contributed by atoms with E-state index >= 15 is 0 Å². The molecule has 1 N–H and O–H groups in total. The predicted octanol–water partition coefficient (Wildman–Crippen LogP) is 4.76. The van der Waals surface area contributed by atoms with Crippen LogP contribution in [0, 0.1) is 0 Å². The summed E-state index contributed by atoms with van der Waals surface area (Å²) in [4.78, 5) is 2.33. The van der Waals surface area contributed by atoms with Crippen LogP contribution >= 0.6 is 0 Å². The SMILES string of the molecule is C=CCOCC(O)CN(Cc1c(CC)nn(-c2ccccc2)c1Oc1ccc(OC)cc1)C1CC1. The van der Waals surface area contributed by atoms with Gasteiger partial charge in [-0.1, -0.05) is 31.2 Å². The maximum Gasteiger partial charge on any atom is 0.227 e. The normalized spacial score (nSPS) is 14.2. The molecule has 1 unspecified atom stereocenters. The van der Waals surface area contributed by atoms with Crippen LogP contribution in [0.5, 0.6) is 17.4 Å². The number of hydrogen-bond acceptors (Lipinski definition) is 6. The van der Waals surface area contributed by atoms with Crippen molar-refractivity contribution in [2.45, 2.75) is 44.9 Å². The summed E-state index contributed by atoms with van der Waals surface area (Å²) in [5, 5.41) is 15.5. The molecule has 186 valence electrons. The number of benzene rings is 2. The molecule has 1 atom stereocenters. The summed E-state index contributed by atoms with van der Waals surface area (Å²) >= 11 is 0. The van der Waals surface area contributed by atoms with Gasteiger partial charge in [-0.2, -0.15) is 5.10 Å². The number of aromatic nitrogens is 2. The van der Waals surface area contributed by atoms with Crippen LogP contribution in [0.4, 0.5) is 0 Å². The average Bonchev–Trinajstić information content (AvgIpc) is 3.68. The Balaban J connectivity index is 1.66. The van der Waals surface area contributed by atoms with E-state index < -0.39 is 6.10 Å². The number of aliphatic hydroxyl groups is 1. The van der Waals surface area contributed by atoms with Crippen LogP contribution in [-0.4, -0.2) is 58.8 Å². The fraction of sp³-hybridized carbons (Fsp3) is 0.393. The van der Waals surface area contributed by atoms with Gasteiger partial charge in [-0.3, -0.25) is 4.90 Å². The molecule has 2 aromatic carbocycles. The van der Waals surface area contributed by atoms with Crippen LogP contribution in [0.25, 0.3) is 5.69 Å². The summed E-state index contributed by atoms with van der Waals surface area (Å²) in [6.45, 7) is 7.67. The molecule has 0 aliphatic heterocycles. The molecule has 0 amide bonds. The van der Waals surface area contributed by atoms with Gasteiger partial charge in [-0.15, -0.1) is 6.58 Å². The molecule has 1 aliphatic carbocycles. The largest absolute Gasteiger partial charge is 0.497 e. The number of hydrogen-bond donors (Lipinski definition) is 1. The van der Waals surface area contributed by atoms with Gasteiger partial charge in [-0.25, -0.2) is 4.68 Å². The van der Waals surface area contributed by atoms with E-state index in [0.29, 0.717) is 37.4 Å². The number of ether oxygens (including phenoxy) is 3. The number of aliphatic hydroxyl groups excluding tert-OH is 1. The highest BCUT2D eigenvalue weighted by molar-refractivity contribution is 5.44. The van der Waals surface area contributed by atoms with Gasteiger partial charge in [0, 0.05) is 19.1 Å². The van der Waals surface area contributed by atoms with Crippen molar-refractivity contribution in [3.8, 4) is 23.1 Å². The molecule has 0 saturated heterocycles. The molecule has 1 aromatic heterocycles. The van der Waals surface area contributed by atoms with Crippen molar-refractivity contribution in [1.29, 1.82) is 0 Å². The summed E-state index contributed by atoms with van der Waals surface area (Å²) in [5.41, 5.74) is 2.96. The number of para-hydroxylation sites is 1. The molecule has 1 fully saturated rings. The zero-order valence-corrected chi connectivity index (χ0v) is 20.6. The Bertz CT molecular complexity index is 1080. The maximum absolute atomic E-state index is 10.6. The highest BCUT2D eigenvalue weighted by Gasteiger charge is 2.33. The van der Waals surface area contributed by atoms with Gasteiger partial charge < -0.3 is 19.3 Å². The van der Waals surface area contributed by atoms with Crippen LogP contribution in [0.3, 0.4) is 0 Å². The van der Waals surface area contributed by atoms with Crippen molar-refractivity contribution in [3.63, 3.8) is 0 Å². The van der Waals surface area contributed by atoms with E-state index in [9.17, 15) is 5.11 Å². The highest BCUT2D eigenvalue weighted by atomic mass is 16.5. The van der Waals surface area contributed by atoms with E-state index in [-0.39, 0.29) is 6.61 Å². The second-order valence-electron chi connectivity index (χ2n) is 8.75. The zero-order chi connectivity index (χ0) is 24.6. The molecule has 0 radical (unpaired) electrons. The molecule has 0 spiro atoms. The highest BCUT2D eigenvalue weighted by Crippen LogP contribution is 2.35. The summed E-state index contributed by atoms with van der Waals surface area (Å²) in [7, 11) is 1.65. The monoisotopic (exact) mass is 477 g/mol. The van der Waals surface area contributed by atoms with Gasteiger partial charge in [0.25, 0.3) is 0 Å². The summed E-state index contributed by atoms with van der Waals surface area (Å²) in [6, 6.07) is 18.0. The molecule has 4 rings (SSSR count). The van der Waals surface area contributed by atoms with Crippen molar-refractivity contribution in [2.24, 2.45) is 0 Å². The van der Waals surface area contributed by atoms with Crippen LogP contribution in [0.1, 0.15) is 31.0 Å². The van der Waals surface area contributed by atoms with Gasteiger partial charge in [0.1, 0.15) is 11.5 Å². The zero-order valence-electron chi connectivity index (χ0n) is 20.6. The first kappa shape index (κ1) is 25.0. The van der Waals surface area contributed by atoms with Crippen molar-refractivity contribution in [3.05, 3.63) is 78.5 Å². The van der Waals surface area contributed by atoms with E-state index in [2.05, 4.69) is 18.4 Å². The van der Waals surface area contributed by atoms with Crippen LogP contribution in [0.15, 0.2) is 67.3 Å². The quantitative estimate of drug-likeness (QED) is 0.267. The number of methoxy groups -OCH3 is 1. The molecule has 35 heavy (non-hydrogen) atoms. The van der Waals surface area contributed by atoms with Crippen molar-refractivity contribution in [1.82, 2.24) is 14.7 Å². The van der Waals surface area contributed by atoms with Gasteiger partial charge in [0.2, 0.25) is 5.88 Å². The third-order valence-electron chi connectivity index (χ3n) is 6.04. The minimum atomic E-state index is -0.573. The lowest BCUT2D eigenvalue weighted by Gasteiger charge is -2.25. The molecule has 7 heteroatoms. The van der Waals surface area contributed by atoms with Crippen LogP contribution in [0.2, 0.25) is 0 Å². The summed E-state index contributed by atoms with van der Waals surface area (Å²) in [5.74, 6) is 2.18. The van der Waals surface area contributed by atoms with E-state index in [1.54, 1.807) is 13.2 Å². The lowest BCUT2D eigenvalue weighted by atomic mass is 10.1. The van der Waals surface area contributed by atoms with Gasteiger partial charge in [-0.05, 0) is 55.7 Å². The summed E-state index contributed by atoms with van der Waals surface area (Å²) < 4.78 is 19.1. The molecule has 3 aromatic rings. The predicted molar refractivity (Wildman–Crippen MR) is 136 cm³/mol. The lowest BCUT2D eigenvalue weighted by molar-refractivity contribution is 0.0226. The Morgan fingerprint density at radius 3 is 2.49 bits per heavy atom. The van der Waals surface area contributed by atoms with Gasteiger partial charge in [0.05, 0.1) is 43.4 Å². The van der Waals surface area contributed by atoms with Crippen molar-refractivity contribution in [2.75, 3.05) is 26.9 Å². The molecule has 0 bridgehead atoms. The molecule has 7 nitrogen and oxygen atoms in total. The molecule has 1 aliphatic rings. The smallest absolute Gasteiger partial charge is 0.227 e. The third-order valence-corrected chi connectivity index (χ3v) is 6.04. The van der Waals surface area contributed by atoms with E-state index in [4.69, 9.17) is 19.3 Å². The van der Waals surface area contributed by atoms with Crippen LogP contribution < -0.4 is 9.47 Å². The van der Waals surface area contributed by atoms with E-state index in [1.807, 2.05) is 59.3 Å². The fourth-order valence-electron chi connectivity index (χ4n) is 4.12. The number of nitrogens with zero attached hydrogens (tertiary/aromatic N) is 3. The third kappa shape index (κ3) is 6.51. The maximum atomic E-state index is 10.6. The first-order valence-corrected chi connectivity index (χ1v) is 12.2. The topological polar surface area (TPSA) is 69.0 Å². The van der Waals surface area contributed by atoms with Crippen LogP contribution in [-0.2, 0) is 17.7 Å². The minimum Gasteiger partial charge on any atom is -0.497 e. The fourth-order valence-corrected chi connectivity index (χ4v) is 4.12. The lowest BCUT2D eigenvalue weighted by Crippen LogP contribution is -2.36. The van der Waals surface area contributed by atoms with E-state index in [0.717, 1.165) is 42.0 Å². The molecular formula is C28H35N3O4. The number of aryl methyl sites for hydroxylation is 1. The molecule has 1 heterocycles. The average molecular weight is 478 g/mol. The first-order chi connectivity index (χ1) is 17.1. The minimum absolute atomic E-state index is 0.286. The Kier molecular flexibility index (Phi) is 8.58. The molecule has 1 saturated carbocycles. The van der Waals surface area contributed by atoms with E-state index in [1.165, 1.54) is 0 Å². The first-order valence-electron chi connectivity index (χ1n) is 12.2. The number of rotatable bonds is 14. The Hall–Kier alpha value is -3.13. The Labute approximate surface area is 207 Å². The Morgan fingerprint density at radius 1 is 1.14 bits per heavy atom. The Morgan fingerprint density at radius 2 is 1.86 bits per heavy atom. The summed E-state index contributed by atoms with van der Waals surface area (Å²) in [6.07, 6.45) is 4.15.